The van der Waals surface area contributed by atoms with E-state index < -0.39 is 0 Å². The fraction of sp³-hybridized carbons (Fsp3) is 0.625. The van der Waals surface area contributed by atoms with Crippen molar-refractivity contribution >= 4 is 11.0 Å². The lowest BCUT2D eigenvalue weighted by molar-refractivity contribution is 0.0546. The summed E-state index contributed by atoms with van der Waals surface area (Å²) in [4.78, 5) is 5.41. The van der Waals surface area contributed by atoms with Gasteiger partial charge in [-0.2, -0.15) is 0 Å². The molecule has 0 radical (unpaired) electrons. The van der Waals surface area contributed by atoms with Crippen LogP contribution < -0.4 is 0 Å². The van der Waals surface area contributed by atoms with Gasteiger partial charge in [0, 0.05) is 37.8 Å². The van der Waals surface area contributed by atoms with Crippen LogP contribution in [0.25, 0.3) is 11.0 Å². The van der Waals surface area contributed by atoms with Gasteiger partial charge in [0.25, 0.3) is 0 Å². The summed E-state index contributed by atoms with van der Waals surface area (Å²) < 4.78 is 4.88. The van der Waals surface area contributed by atoms with Crippen molar-refractivity contribution in [1.29, 1.82) is 0 Å². The van der Waals surface area contributed by atoms with E-state index in [-0.39, 0.29) is 0 Å². The highest BCUT2D eigenvalue weighted by Gasteiger charge is 2.46. The molecule has 5 rings (SSSR count). The molecule has 5 nitrogen and oxygen atoms in total. The molecule has 5 heteroatoms. The van der Waals surface area contributed by atoms with Gasteiger partial charge in [-0.1, -0.05) is 18.6 Å². The zero-order chi connectivity index (χ0) is 13.8. The van der Waals surface area contributed by atoms with E-state index in [0.29, 0.717) is 0 Å². The van der Waals surface area contributed by atoms with Crippen LogP contribution in [-0.4, -0.2) is 51.3 Å². The fourth-order valence-electron chi connectivity index (χ4n) is 4.35. The molecule has 2 saturated heterocycles. The van der Waals surface area contributed by atoms with Crippen LogP contribution in [0.4, 0.5) is 0 Å². The van der Waals surface area contributed by atoms with Crippen molar-refractivity contribution in [2.24, 2.45) is 0 Å². The minimum Gasteiger partial charge on any atom is -0.295 e. The Morgan fingerprint density at radius 1 is 1.10 bits per heavy atom. The third-order valence-electron chi connectivity index (χ3n) is 5.68. The van der Waals surface area contributed by atoms with Crippen molar-refractivity contribution in [3.05, 3.63) is 23.8 Å². The lowest BCUT2D eigenvalue weighted by Crippen LogP contribution is -2.51. The van der Waals surface area contributed by atoms with E-state index in [4.69, 9.17) is 4.63 Å². The number of hydrogen-bond acceptors (Lipinski definition) is 5. The summed E-state index contributed by atoms with van der Waals surface area (Å²) in [5, 5.41) is 8.01. The average Bonchev–Trinajstić information content (AvgIpc) is 3.11. The molecular formula is C16H20N4O. The number of likely N-dealkylation sites (tertiary alicyclic amines) is 2. The summed E-state index contributed by atoms with van der Waals surface area (Å²) >= 11 is 0. The van der Waals surface area contributed by atoms with Crippen molar-refractivity contribution in [1.82, 2.24) is 20.1 Å². The van der Waals surface area contributed by atoms with Crippen molar-refractivity contribution in [2.75, 3.05) is 13.1 Å². The monoisotopic (exact) mass is 284 g/mol. The Bertz CT molecular complexity index is 665. The minimum atomic E-state index is 0.728. The third-order valence-corrected chi connectivity index (χ3v) is 5.68. The SMILES string of the molecule is c1cc(CN2C[C@@H]3C[C@H]2CN3C2CCC2)c2nonc2c1. The molecule has 0 spiro atoms. The van der Waals surface area contributed by atoms with E-state index in [0.717, 1.165) is 35.7 Å². The molecule has 3 aliphatic rings. The smallest absolute Gasteiger partial charge is 0.139 e. The summed E-state index contributed by atoms with van der Waals surface area (Å²) in [6, 6.07) is 8.58. The van der Waals surface area contributed by atoms with E-state index in [9.17, 15) is 0 Å². The van der Waals surface area contributed by atoms with E-state index in [1.807, 2.05) is 6.07 Å². The molecule has 1 saturated carbocycles. The normalized spacial score (nSPS) is 30.3. The molecule has 21 heavy (non-hydrogen) atoms. The van der Waals surface area contributed by atoms with Crippen LogP contribution >= 0.6 is 0 Å². The molecule has 2 atom stereocenters. The van der Waals surface area contributed by atoms with Gasteiger partial charge in [0.1, 0.15) is 11.0 Å². The molecule has 1 aromatic carbocycles. The van der Waals surface area contributed by atoms with Gasteiger partial charge < -0.3 is 0 Å². The highest BCUT2D eigenvalue weighted by atomic mass is 16.6. The summed E-state index contributed by atoms with van der Waals surface area (Å²) in [6.07, 6.45) is 5.63. The van der Waals surface area contributed by atoms with Crippen LogP contribution in [0.5, 0.6) is 0 Å². The number of hydrogen-bond donors (Lipinski definition) is 0. The molecule has 0 amide bonds. The van der Waals surface area contributed by atoms with E-state index >= 15 is 0 Å². The second-order valence-corrected chi connectivity index (χ2v) is 6.80. The topological polar surface area (TPSA) is 45.4 Å². The first-order valence-corrected chi connectivity index (χ1v) is 8.08. The number of rotatable bonds is 3. The van der Waals surface area contributed by atoms with Gasteiger partial charge in [-0.05, 0) is 41.2 Å². The molecule has 2 bridgehead atoms. The van der Waals surface area contributed by atoms with Crippen LogP contribution in [-0.2, 0) is 6.54 Å². The Morgan fingerprint density at radius 2 is 2.05 bits per heavy atom. The molecule has 3 heterocycles. The first kappa shape index (κ1) is 12.1. The van der Waals surface area contributed by atoms with Gasteiger partial charge in [0.15, 0.2) is 0 Å². The Labute approximate surface area is 123 Å². The van der Waals surface area contributed by atoms with Gasteiger partial charge in [0.05, 0.1) is 0 Å². The van der Waals surface area contributed by atoms with E-state index in [1.54, 1.807) is 0 Å². The number of piperazine rings is 1. The Morgan fingerprint density at radius 3 is 2.81 bits per heavy atom. The number of aromatic nitrogens is 2. The van der Waals surface area contributed by atoms with Crippen molar-refractivity contribution in [3.8, 4) is 0 Å². The molecule has 0 N–H and O–H groups in total. The zero-order valence-corrected chi connectivity index (χ0v) is 12.1. The van der Waals surface area contributed by atoms with Gasteiger partial charge in [-0.25, -0.2) is 4.63 Å². The first-order valence-electron chi connectivity index (χ1n) is 8.08. The standard InChI is InChI=1S/C16H20N4O/c1-3-11(16-15(6-1)17-21-18-16)8-19-9-14-7-13(19)10-20(14)12-4-2-5-12/h1,3,6,12-14H,2,4-5,7-10H2/t13-,14-/m0/s1. The van der Waals surface area contributed by atoms with Crippen LogP contribution in [0.15, 0.2) is 22.8 Å². The number of fused-ring (bicyclic) bond motifs is 3. The second-order valence-electron chi connectivity index (χ2n) is 6.80. The summed E-state index contributed by atoms with van der Waals surface area (Å²) in [5.41, 5.74) is 3.04. The number of benzene rings is 1. The Hall–Kier alpha value is -1.46. The molecule has 0 unspecified atom stereocenters. The maximum Gasteiger partial charge on any atom is 0.139 e. The fourth-order valence-corrected chi connectivity index (χ4v) is 4.35. The lowest BCUT2D eigenvalue weighted by Gasteiger charge is -2.42. The van der Waals surface area contributed by atoms with E-state index in [2.05, 4.69) is 32.2 Å². The minimum absolute atomic E-state index is 0.728. The highest BCUT2D eigenvalue weighted by Crippen LogP contribution is 2.38. The Kier molecular flexibility index (Phi) is 2.61. The summed E-state index contributed by atoms with van der Waals surface area (Å²) in [7, 11) is 0. The molecule has 110 valence electrons. The predicted molar refractivity (Wildman–Crippen MR) is 78.8 cm³/mol. The highest BCUT2D eigenvalue weighted by molar-refractivity contribution is 5.76. The quantitative estimate of drug-likeness (QED) is 0.863. The van der Waals surface area contributed by atoms with Crippen molar-refractivity contribution < 1.29 is 4.63 Å². The van der Waals surface area contributed by atoms with Gasteiger partial charge in [-0.15, -0.1) is 0 Å². The second kappa shape index (κ2) is 4.52. The van der Waals surface area contributed by atoms with Crippen LogP contribution in [0.2, 0.25) is 0 Å². The van der Waals surface area contributed by atoms with Crippen LogP contribution in [0.3, 0.4) is 0 Å². The molecule has 1 aromatic heterocycles. The largest absolute Gasteiger partial charge is 0.295 e. The zero-order valence-electron chi connectivity index (χ0n) is 12.1. The van der Waals surface area contributed by atoms with Crippen molar-refractivity contribution in [2.45, 2.75) is 50.4 Å². The molecule has 2 aliphatic heterocycles. The molecule has 3 fully saturated rings. The maximum absolute atomic E-state index is 4.88. The predicted octanol–water partition coefficient (Wildman–Crippen LogP) is 2.03. The van der Waals surface area contributed by atoms with E-state index in [1.165, 1.54) is 44.3 Å². The van der Waals surface area contributed by atoms with Crippen molar-refractivity contribution in [3.63, 3.8) is 0 Å². The molecular weight excluding hydrogens is 264 g/mol. The van der Waals surface area contributed by atoms with Gasteiger partial charge >= 0.3 is 0 Å². The molecule has 1 aliphatic carbocycles. The van der Waals surface area contributed by atoms with Gasteiger partial charge in [0.2, 0.25) is 0 Å². The summed E-state index contributed by atoms with van der Waals surface area (Å²) in [6.45, 7) is 3.45. The first-order chi connectivity index (χ1) is 10.4. The van der Waals surface area contributed by atoms with Crippen LogP contribution in [0, 0.1) is 0 Å². The maximum atomic E-state index is 4.88. The Balaban J connectivity index is 1.34. The number of nitrogens with zero attached hydrogens (tertiary/aromatic N) is 4. The van der Waals surface area contributed by atoms with Crippen LogP contribution in [0.1, 0.15) is 31.2 Å². The summed E-state index contributed by atoms with van der Waals surface area (Å²) in [5.74, 6) is 0. The lowest BCUT2D eigenvalue weighted by atomic mass is 9.91. The van der Waals surface area contributed by atoms with Gasteiger partial charge in [-0.3, -0.25) is 9.80 Å². The average molecular weight is 284 g/mol. The third kappa shape index (κ3) is 1.84. The molecule has 2 aromatic rings.